The predicted molar refractivity (Wildman–Crippen MR) is 74.0 cm³/mol. The van der Waals surface area contributed by atoms with Crippen molar-refractivity contribution in [1.29, 1.82) is 0 Å². The fourth-order valence-electron chi connectivity index (χ4n) is 2.36. The third-order valence-electron chi connectivity index (χ3n) is 3.61. The zero-order chi connectivity index (χ0) is 13.1. The van der Waals surface area contributed by atoms with E-state index in [9.17, 15) is 4.79 Å². The Hall–Kier alpha value is -0.900. The number of hydrogen-bond acceptors (Lipinski definition) is 3. The average Bonchev–Trinajstić information content (AvgIpc) is 2.38. The second kappa shape index (κ2) is 5.83. The number of halogens is 1. The first kappa shape index (κ1) is 13.5. The third kappa shape index (κ3) is 3.10. The molecule has 98 valence electrons. The van der Waals surface area contributed by atoms with Gasteiger partial charge in [0.05, 0.1) is 6.04 Å². The fourth-order valence-corrected chi connectivity index (χ4v) is 2.55. The summed E-state index contributed by atoms with van der Waals surface area (Å²) in [5.41, 5.74) is 6.56. The first-order chi connectivity index (χ1) is 8.58. The van der Waals surface area contributed by atoms with Crippen LogP contribution in [0.5, 0.6) is 0 Å². The number of carbonyl (C=O) groups excluding carboxylic acids is 1. The summed E-state index contributed by atoms with van der Waals surface area (Å²) in [6.07, 6.45) is 1.93. The van der Waals surface area contributed by atoms with Gasteiger partial charge in [-0.15, -0.1) is 0 Å². The molecule has 0 saturated carbocycles. The summed E-state index contributed by atoms with van der Waals surface area (Å²) in [6.45, 7) is 3.75. The maximum absolute atomic E-state index is 12.3. The molecule has 2 N–H and O–H groups in total. The number of likely N-dealkylation sites (tertiary alicyclic amines) is 1. The predicted octanol–water partition coefficient (Wildman–Crippen LogP) is 2.33. The molecular formula is C14H19ClN2O. The molecule has 0 aliphatic carbocycles. The molecule has 18 heavy (non-hydrogen) atoms. The summed E-state index contributed by atoms with van der Waals surface area (Å²) in [5.74, 6) is 0.132. The number of nitrogens with zero attached hydrogens (tertiary/aromatic N) is 1. The lowest BCUT2D eigenvalue weighted by Gasteiger charge is -2.34. The van der Waals surface area contributed by atoms with Gasteiger partial charge in [0.15, 0.2) is 5.78 Å². The van der Waals surface area contributed by atoms with Crippen molar-refractivity contribution in [3.63, 3.8) is 0 Å². The van der Waals surface area contributed by atoms with Crippen LogP contribution in [0.2, 0.25) is 5.02 Å². The van der Waals surface area contributed by atoms with Crippen molar-refractivity contribution in [3.8, 4) is 0 Å². The number of hydrogen-bond donors (Lipinski definition) is 1. The maximum atomic E-state index is 12.3. The van der Waals surface area contributed by atoms with E-state index in [0.717, 1.165) is 25.9 Å². The molecule has 1 heterocycles. The smallest absolute Gasteiger partial charge is 0.179 e. The molecule has 0 aromatic heterocycles. The first-order valence-corrected chi connectivity index (χ1v) is 6.75. The van der Waals surface area contributed by atoms with E-state index in [2.05, 4.69) is 4.90 Å². The maximum Gasteiger partial charge on any atom is 0.179 e. The molecule has 0 spiro atoms. The molecular weight excluding hydrogens is 248 g/mol. The molecule has 2 rings (SSSR count). The van der Waals surface area contributed by atoms with Gasteiger partial charge in [0.1, 0.15) is 0 Å². The van der Waals surface area contributed by atoms with Gasteiger partial charge in [0.2, 0.25) is 0 Å². The molecule has 1 unspecified atom stereocenters. The second-order valence-corrected chi connectivity index (χ2v) is 5.36. The zero-order valence-corrected chi connectivity index (χ0v) is 11.4. The number of benzene rings is 1. The van der Waals surface area contributed by atoms with Gasteiger partial charge < -0.3 is 5.73 Å². The molecule has 1 aliphatic heterocycles. The summed E-state index contributed by atoms with van der Waals surface area (Å²) in [7, 11) is 0. The van der Waals surface area contributed by atoms with Crippen molar-refractivity contribution in [2.75, 3.05) is 13.1 Å². The Kier molecular flexibility index (Phi) is 4.38. The summed E-state index contributed by atoms with van der Waals surface area (Å²) in [4.78, 5) is 14.5. The number of nitrogens with two attached hydrogens (primary N) is 1. The van der Waals surface area contributed by atoms with Crippen LogP contribution in [0.4, 0.5) is 0 Å². The van der Waals surface area contributed by atoms with Crippen molar-refractivity contribution in [2.24, 2.45) is 5.73 Å². The van der Waals surface area contributed by atoms with Gasteiger partial charge in [-0.25, -0.2) is 0 Å². The van der Waals surface area contributed by atoms with Crippen LogP contribution in [0.15, 0.2) is 24.3 Å². The highest BCUT2D eigenvalue weighted by Crippen LogP contribution is 2.17. The van der Waals surface area contributed by atoms with Crippen LogP contribution < -0.4 is 5.73 Å². The van der Waals surface area contributed by atoms with E-state index < -0.39 is 0 Å². The molecule has 1 aromatic rings. The normalized spacial score (nSPS) is 19.7. The molecule has 3 nitrogen and oxygen atoms in total. The Bertz CT molecular complexity index is 428. The minimum atomic E-state index is -0.101. The molecule has 1 aromatic carbocycles. The topological polar surface area (TPSA) is 46.3 Å². The Morgan fingerprint density at radius 2 is 2.11 bits per heavy atom. The zero-order valence-electron chi connectivity index (χ0n) is 10.6. The summed E-state index contributed by atoms with van der Waals surface area (Å²) in [6, 6.07) is 7.33. The van der Waals surface area contributed by atoms with Crippen molar-refractivity contribution in [2.45, 2.75) is 31.8 Å². The molecule has 1 saturated heterocycles. The Morgan fingerprint density at radius 3 is 2.72 bits per heavy atom. The highest BCUT2D eigenvalue weighted by Gasteiger charge is 2.25. The van der Waals surface area contributed by atoms with Crippen LogP contribution in [0.25, 0.3) is 0 Å². The van der Waals surface area contributed by atoms with Crippen LogP contribution in [0.1, 0.15) is 30.1 Å². The number of Topliss-reactive ketones (excluding diaryl/α,β-unsaturated/α-hetero) is 1. The lowest BCUT2D eigenvalue weighted by molar-refractivity contribution is 0.0798. The van der Waals surface area contributed by atoms with E-state index in [-0.39, 0.29) is 17.9 Å². The van der Waals surface area contributed by atoms with Crippen LogP contribution in [0, 0.1) is 0 Å². The van der Waals surface area contributed by atoms with Crippen LogP contribution >= 0.6 is 11.6 Å². The highest BCUT2D eigenvalue weighted by atomic mass is 35.5. The quantitative estimate of drug-likeness (QED) is 0.855. The highest BCUT2D eigenvalue weighted by molar-refractivity contribution is 6.31. The molecule has 4 heteroatoms. The van der Waals surface area contributed by atoms with Crippen molar-refractivity contribution in [1.82, 2.24) is 4.90 Å². The lowest BCUT2D eigenvalue weighted by atomic mass is 10.00. The van der Waals surface area contributed by atoms with E-state index in [0.29, 0.717) is 10.6 Å². The summed E-state index contributed by atoms with van der Waals surface area (Å²) >= 11 is 5.92. The largest absolute Gasteiger partial charge is 0.328 e. The fraction of sp³-hybridized carbons (Fsp3) is 0.500. The van der Waals surface area contributed by atoms with Gasteiger partial charge in [-0.05, 0) is 31.9 Å². The Labute approximate surface area is 113 Å². The second-order valence-electron chi connectivity index (χ2n) is 4.92. The molecule has 0 radical (unpaired) electrons. The standard InChI is InChI=1S/C14H19ClN2O/c1-10(17-7-5-13(16)6-8-17)14(18)11-3-2-4-12(15)9-11/h2-4,9-10,13H,5-8,16H2,1H3. The molecule has 1 aliphatic rings. The lowest BCUT2D eigenvalue weighted by Crippen LogP contribution is -2.46. The van der Waals surface area contributed by atoms with E-state index in [4.69, 9.17) is 17.3 Å². The van der Waals surface area contributed by atoms with E-state index >= 15 is 0 Å². The summed E-state index contributed by atoms with van der Waals surface area (Å²) in [5, 5.41) is 0.605. The Balaban J connectivity index is 2.04. The van der Waals surface area contributed by atoms with E-state index in [1.165, 1.54) is 0 Å². The van der Waals surface area contributed by atoms with Crippen LogP contribution in [-0.4, -0.2) is 35.9 Å². The molecule has 0 bridgehead atoms. The van der Waals surface area contributed by atoms with Gasteiger partial charge in [-0.2, -0.15) is 0 Å². The molecule has 1 fully saturated rings. The van der Waals surface area contributed by atoms with Gasteiger partial charge in [-0.1, -0.05) is 23.7 Å². The number of piperidine rings is 1. The number of carbonyl (C=O) groups is 1. The average molecular weight is 267 g/mol. The van der Waals surface area contributed by atoms with Gasteiger partial charge >= 0.3 is 0 Å². The first-order valence-electron chi connectivity index (χ1n) is 6.37. The van der Waals surface area contributed by atoms with Crippen LogP contribution in [-0.2, 0) is 0 Å². The Morgan fingerprint density at radius 1 is 1.44 bits per heavy atom. The SMILES string of the molecule is CC(C(=O)c1cccc(Cl)c1)N1CCC(N)CC1. The third-order valence-corrected chi connectivity index (χ3v) is 3.85. The summed E-state index contributed by atoms with van der Waals surface area (Å²) < 4.78 is 0. The molecule has 1 atom stereocenters. The van der Waals surface area contributed by atoms with Gasteiger partial charge in [0.25, 0.3) is 0 Å². The van der Waals surface area contributed by atoms with Crippen molar-refractivity contribution in [3.05, 3.63) is 34.9 Å². The van der Waals surface area contributed by atoms with Crippen molar-refractivity contribution >= 4 is 17.4 Å². The van der Waals surface area contributed by atoms with Crippen LogP contribution in [0.3, 0.4) is 0 Å². The minimum absolute atomic E-state index is 0.101. The van der Waals surface area contributed by atoms with E-state index in [1.807, 2.05) is 19.1 Å². The van der Waals surface area contributed by atoms with E-state index in [1.54, 1.807) is 12.1 Å². The van der Waals surface area contributed by atoms with Gasteiger partial charge in [-0.3, -0.25) is 9.69 Å². The number of ketones is 1. The number of rotatable bonds is 3. The minimum Gasteiger partial charge on any atom is -0.328 e. The van der Waals surface area contributed by atoms with Gasteiger partial charge in [0, 0.05) is 29.7 Å². The molecule has 0 amide bonds. The van der Waals surface area contributed by atoms with Crippen molar-refractivity contribution < 1.29 is 4.79 Å². The monoisotopic (exact) mass is 266 g/mol.